The zero-order valence-corrected chi connectivity index (χ0v) is 18.4. The van der Waals surface area contributed by atoms with Gasteiger partial charge in [0.25, 0.3) is 0 Å². The largest absolute Gasteiger partial charge is 0.461 e. The summed E-state index contributed by atoms with van der Waals surface area (Å²) < 4.78 is 45.1. The number of allylic oxidation sites excluding steroid dienone is 1. The summed E-state index contributed by atoms with van der Waals surface area (Å²) in [5.74, 6) is -0.673. The second-order valence-corrected chi connectivity index (χ2v) is 7.87. The normalized spacial score (nSPS) is 16.8. The van der Waals surface area contributed by atoms with Gasteiger partial charge in [-0.1, -0.05) is 18.2 Å². The van der Waals surface area contributed by atoms with Gasteiger partial charge in [-0.15, -0.1) is 0 Å². The van der Waals surface area contributed by atoms with Gasteiger partial charge < -0.3 is 20.7 Å². The van der Waals surface area contributed by atoms with E-state index < -0.39 is 29.8 Å². The van der Waals surface area contributed by atoms with Crippen molar-refractivity contribution in [3.63, 3.8) is 0 Å². The van der Waals surface area contributed by atoms with E-state index in [1.807, 2.05) is 19.0 Å². The summed E-state index contributed by atoms with van der Waals surface area (Å²) in [6.07, 6.45) is -4.58. The number of esters is 1. The van der Waals surface area contributed by atoms with Crippen molar-refractivity contribution in [2.75, 3.05) is 37.9 Å². The van der Waals surface area contributed by atoms with E-state index in [1.165, 1.54) is 19.1 Å². The van der Waals surface area contributed by atoms with Crippen molar-refractivity contribution in [2.45, 2.75) is 19.1 Å². The van der Waals surface area contributed by atoms with E-state index in [1.54, 1.807) is 24.3 Å². The van der Waals surface area contributed by atoms with Gasteiger partial charge in [0.15, 0.2) is 0 Å². The van der Waals surface area contributed by atoms with Crippen LogP contribution in [0.15, 0.2) is 59.8 Å². The highest BCUT2D eigenvalue weighted by molar-refractivity contribution is 6.03. The molecule has 2 aromatic carbocycles. The van der Waals surface area contributed by atoms with Crippen molar-refractivity contribution in [2.24, 2.45) is 0 Å². The summed E-state index contributed by atoms with van der Waals surface area (Å²) in [5, 5.41) is 2.72. The number of nitrogen functional groups attached to an aromatic ring is 1. The van der Waals surface area contributed by atoms with Crippen molar-refractivity contribution >= 4 is 23.4 Å². The quantitative estimate of drug-likeness (QED) is 0.502. The van der Waals surface area contributed by atoms with E-state index in [-0.39, 0.29) is 23.6 Å². The molecule has 0 aromatic heterocycles. The minimum atomic E-state index is -4.58. The van der Waals surface area contributed by atoms with Gasteiger partial charge >= 0.3 is 18.2 Å². The molecule has 0 aliphatic carbocycles. The number of benzene rings is 2. The van der Waals surface area contributed by atoms with Gasteiger partial charge in [-0.25, -0.2) is 9.59 Å². The first-order valence-corrected chi connectivity index (χ1v) is 10.1. The molecule has 0 saturated carbocycles. The summed E-state index contributed by atoms with van der Waals surface area (Å²) in [7, 11) is 3.65. The maximum Gasteiger partial charge on any atom is 0.416 e. The number of alkyl halides is 3. The molecule has 1 aliphatic rings. The molecule has 10 heteroatoms. The smallest absolute Gasteiger partial charge is 0.416 e. The number of carbonyl (C=O) groups is 2. The summed E-state index contributed by atoms with van der Waals surface area (Å²) >= 11 is 0. The average Bonchev–Trinajstić information content (AvgIpc) is 2.73. The number of nitrogens with zero attached hydrogens (tertiary/aromatic N) is 2. The van der Waals surface area contributed by atoms with Crippen LogP contribution in [0, 0.1) is 0 Å². The fraction of sp³-hybridized carbons (Fsp3) is 0.304. The zero-order valence-electron chi connectivity index (χ0n) is 18.4. The molecule has 3 rings (SSSR count). The molecule has 2 amide bonds. The number of likely N-dealkylation sites (N-methyl/N-ethyl adjacent to an activating group) is 1. The van der Waals surface area contributed by atoms with Gasteiger partial charge in [-0.3, -0.25) is 4.90 Å². The van der Waals surface area contributed by atoms with Gasteiger partial charge in [0.2, 0.25) is 0 Å². The highest BCUT2D eigenvalue weighted by atomic mass is 19.4. The number of nitrogens with two attached hydrogens (primary N) is 1. The number of amides is 2. The summed E-state index contributed by atoms with van der Waals surface area (Å²) in [6.45, 7) is 2.09. The van der Waals surface area contributed by atoms with Crippen LogP contribution in [0.5, 0.6) is 0 Å². The van der Waals surface area contributed by atoms with Crippen LogP contribution in [0.1, 0.15) is 24.1 Å². The molecule has 0 spiro atoms. The number of hydrogen-bond acceptors (Lipinski definition) is 5. The summed E-state index contributed by atoms with van der Waals surface area (Å²) in [6, 6.07) is 9.43. The van der Waals surface area contributed by atoms with Gasteiger partial charge in [0.05, 0.1) is 22.9 Å². The summed E-state index contributed by atoms with van der Waals surface area (Å²) in [5.41, 5.74) is 6.21. The Labute approximate surface area is 189 Å². The highest BCUT2D eigenvalue weighted by Crippen LogP contribution is 2.37. The predicted octanol–water partition coefficient (Wildman–Crippen LogP) is 3.94. The molecule has 0 radical (unpaired) electrons. The molecular formula is C23H25F3N4O3. The fourth-order valence-electron chi connectivity index (χ4n) is 3.48. The number of urea groups is 1. The number of halogens is 3. The van der Waals surface area contributed by atoms with Gasteiger partial charge in [0.1, 0.15) is 6.61 Å². The minimum absolute atomic E-state index is 0.0193. The molecule has 7 nitrogen and oxygen atoms in total. The van der Waals surface area contributed by atoms with E-state index in [2.05, 4.69) is 5.32 Å². The van der Waals surface area contributed by atoms with E-state index in [9.17, 15) is 22.8 Å². The van der Waals surface area contributed by atoms with E-state index >= 15 is 0 Å². The number of ether oxygens (including phenoxy) is 1. The molecule has 1 heterocycles. The molecule has 0 fully saturated rings. The Balaban J connectivity index is 2.07. The van der Waals surface area contributed by atoms with Crippen LogP contribution in [0.2, 0.25) is 0 Å². The van der Waals surface area contributed by atoms with E-state index in [4.69, 9.17) is 10.5 Å². The van der Waals surface area contributed by atoms with Gasteiger partial charge in [-0.05, 0) is 56.9 Å². The molecule has 33 heavy (non-hydrogen) atoms. The Kier molecular flexibility index (Phi) is 6.97. The Bertz CT molecular complexity index is 1070. The molecule has 1 aliphatic heterocycles. The second kappa shape index (κ2) is 9.53. The molecule has 1 unspecified atom stereocenters. The number of anilines is 2. The van der Waals surface area contributed by atoms with Crippen LogP contribution < -0.4 is 16.0 Å². The Morgan fingerprint density at radius 3 is 2.45 bits per heavy atom. The van der Waals surface area contributed by atoms with Gasteiger partial charge in [-0.2, -0.15) is 13.2 Å². The van der Waals surface area contributed by atoms with Crippen molar-refractivity contribution in [1.29, 1.82) is 0 Å². The maximum absolute atomic E-state index is 13.2. The fourth-order valence-corrected chi connectivity index (χ4v) is 3.48. The lowest BCUT2D eigenvalue weighted by molar-refractivity contribution is -0.140. The zero-order chi connectivity index (χ0) is 24.3. The molecule has 3 N–H and O–H groups in total. The monoisotopic (exact) mass is 462 g/mol. The molecular weight excluding hydrogens is 437 g/mol. The molecule has 176 valence electrons. The van der Waals surface area contributed by atoms with Crippen molar-refractivity contribution < 1.29 is 27.5 Å². The molecule has 2 aromatic rings. The lowest BCUT2D eigenvalue weighted by atomic mass is 9.94. The van der Waals surface area contributed by atoms with Crippen LogP contribution in [0.3, 0.4) is 0 Å². The van der Waals surface area contributed by atoms with E-state index in [0.29, 0.717) is 17.8 Å². The average molecular weight is 462 g/mol. The minimum Gasteiger partial charge on any atom is -0.461 e. The number of rotatable bonds is 6. The van der Waals surface area contributed by atoms with Crippen molar-refractivity contribution in [3.05, 3.63) is 70.9 Å². The third kappa shape index (κ3) is 5.46. The maximum atomic E-state index is 13.2. The number of hydrogen-bond donors (Lipinski definition) is 2. The molecule has 0 saturated heterocycles. The topological polar surface area (TPSA) is 87.9 Å². The first-order valence-electron chi connectivity index (χ1n) is 10.1. The third-order valence-corrected chi connectivity index (χ3v) is 5.18. The predicted molar refractivity (Wildman–Crippen MR) is 118 cm³/mol. The number of carbonyl (C=O) groups excluding carboxylic acids is 2. The van der Waals surface area contributed by atoms with Crippen LogP contribution in [0.25, 0.3) is 0 Å². The molecule has 0 bridgehead atoms. The van der Waals surface area contributed by atoms with Crippen LogP contribution in [-0.4, -0.2) is 44.1 Å². The van der Waals surface area contributed by atoms with E-state index in [0.717, 1.165) is 17.0 Å². The van der Waals surface area contributed by atoms with Crippen LogP contribution >= 0.6 is 0 Å². The Morgan fingerprint density at radius 1 is 1.18 bits per heavy atom. The standard InChI is InChI=1S/C23H25F3N4O3/c1-14-19(21(31)33-12-11-29(2)3)20(15-7-9-17(27)10-8-15)28-22(32)30(14)18-6-4-5-16(13-18)23(24,25)26/h4-10,13,20H,11-12,27H2,1-3H3,(H,28,32). The van der Waals surface area contributed by atoms with Crippen molar-refractivity contribution in [1.82, 2.24) is 10.2 Å². The molecule has 1 atom stereocenters. The highest BCUT2D eigenvalue weighted by Gasteiger charge is 2.38. The Hall–Kier alpha value is -3.53. The third-order valence-electron chi connectivity index (χ3n) is 5.18. The lowest BCUT2D eigenvalue weighted by Crippen LogP contribution is -2.48. The first kappa shape index (κ1) is 24.1. The van der Waals surface area contributed by atoms with Crippen molar-refractivity contribution in [3.8, 4) is 0 Å². The van der Waals surface area contributed by atoms with Crippen LogP contribution in [0.4, 0.5) is 29.3 Å². The second-order valence-electron chi connectivity index (χ2n) is 7.87. The SMILES string of the molecule is CC1=C(C(=O)OCCN(C)C)C(c2ccc(N)cc2)NC(=O)N1c1cccc(C(F)(F)F)c1. The van der Waals surface area contributed by atoms with Crippen LogP contribution in [-0.2, 0) is 15.7 Å². The summed E-state index contributed by atoms with van der Waals surface area (Å²) in [4.78, 5) is 29.0. The first-order chi connectivity index (χ1) is 15.5. The lowest BCUT2D eigenvalue weighted by Gasteiger charge is -2.35. The number of nitrogens with one attached hydrogen (secondary N) is 1. The van der Waals surface area contributed by atoms with Gasteiger partial charge in [0, 0.05) is 17.9 Å². The Morgan fingerprint density at radius 2 is 1.85 bits per heavy atom.